The standard InChI is InChI=1S/C22H27FN2O2/c1-15(2)14-20(25-21(26)19-7-5-4-6-16(19)3)22(27)24-13-12-17-8-10-18(23)11-9-17/h4-11,15,20H,12-14H2,1-3H3,(H,24,27)(H,25,26). The fourth-order valence-corrected chi connectivity index (χ4v) is 2.87. The molecule has 0 aliphatic heterocycles. The highest BCUT2D eigenvalue weighted by Crippen LogP contribution is 2.10. The van der Waals surface area contributed by atoms with E-state index in [1.54, 1.807) is 18.2 Å². The molecule has 0 spiro atoms. The molecular weight excluding hydrogens is 343 g/mol. The molecule has 1 atom stereocenters. The van der Waals surface area contributed by atoms with E-state index < -0.39 is 6.04 Å². The van der Waals surface area contributed by atoms with Crippen molar-refractivity contribution < 1.29 is 14.0 Å². The zero-order chi connectivity index (χ0) is 19.8. The summed E-state index contributed by atoms with van der Waals surface area (Å²) in [5.74, 6) is -0.464. The van der Waals surface area contributed by atoms with Gasteiger partial charge in [-0.1, -0.05) is 44.2 Å². The van der Waals surface area contributed by atoms with Gasteiger partial charge in [0, 0.05) is 12.1 Å². The van der Waals surface area contributed by atoms with Crippen molar-refractivity contribution >= 4 is 11.8 Å². The molecule has 144 valence electrons. The number of rotatable bonds is 8. The lowest BCUT2D eigenvalue weighted by atomic mass is 10.0. The zero-order valence-electron chi connectivity index (χ0n) is 16.1. The number of carbonyl (C=O) groups excluding carboxylic acids is 2. The van der Waals surface area contributed by atoms with E-state index in [4.69, 9.17) is 0 Å². The Balaban J connectivity index is 1.95. The molecule has 2 amide bonds. The zero-order valence-corrected chi connectivity index (χ0v) is 16.1. The highest BCUT2D eigenvalue weighted by Gasteiger charge is 2.22. The van der Waals surface area contributed by atoms with Crippen molar-refractivity contribution in [3.8, 4) is 0 Å². The molecule has 0 aromatic heterocycles. The van der Waals surface area contributed by atoms with E-state index in [0.29, 0.717) is 24.9 Å². The first-order valence-electron chi connectivity index (χ1n) is 9.25. The minimum absolute atomic E-state index is 0.201. The van der Waals surface area contributed by atoms with Gasteiger partial charge in [0.2, 0.25) is 5.91 Å². The monoisotopic (exact) mass is 370 g/mol. The van der Waals surface area contributed by atoms with Crippen LogP contribution >= 0.6 is 0 Å². The molecule has 0 saturated carbocycles. The number of amides is 2. The van der Waals surface area contributed by atoms with Crippen LogP contribution in [-0.4, -0.2) is 24.4 Å². The Morgan fingerprint density at radius 2 is 1.70 bits per heavy atom. The third-order valence-corrected chi connectivity index (χ3v) is 4.34. The lowest BCUT2D eigenvalue weighted by Gasteiger charge is -2.20. The smallest absolute Gasteiger partial charge is 0.252 e. The van der Waals surface area contributed by atoms with Gasteiger partial charge >= 0.3 is 0 Å². The third kappa shape index (κ3) is 6.51. The summed E-state index contributed by atoms with van der Waals surface area (Å²) in [5, 5.41) is 5.74. The van der Waals surface area contributed by atoms with Gasteiger partial charge < -0.3 is 10.6 Å². The SMILES string of the molecule is Cc1ccccc1C(=O)NC(CC(C)C)C(=O)NCCc1ccc(F)cc1. The molecule has 2 aromatic rings. The number of halogens is 1. The molecule has 5 heteroatoms. The van der Waals surface area contributed by atoms with Gasteiger partial charge in [0.25, 0.3) is 5.91 Å². The third-order valence-electron chi connectivity index (χ3n) is 4.34. The van der Waals surface area contributed by atoms with Gasteiger partial charge in [0.1, 0.15) is 11.9 Å². The lowest BCUT2D eigenvalue weighted by Crippen LogP contribution is -2.48. The molecule has 0 heterocycles. The van der Waals surface area contributed by atoms with E-state index in [0.717, 1.165) is 11.1 Å². The van der Waals surface area contributed by atoms with Crippen LogP contribution in [0.3, 0.4) is 0 Å². The quantitative estimate of drug-likeness (QED) is 0.745. The van der Waals surface area contributed by atoms with Crippen LogP contribution in [0.2, 0.25) is 0 Å². The van der Waals surface area contributed by atoms with Crippen molar-refractivity contribution in [2.75, 3.05) is 6.54 Å². The normalized spacial score (nSPS) is 11.9. The van der Waals surface area contributed by atoms with Crippen LogP contribution in [-0.2, 0) is 11.2 Å². The Kier molecular flexibility index (Phi) is 7.53. The largest absolute Gasteiger partial charge is 0.354 e. The summed E-state index contributed by atoms with van der Waals surface area (Å²) < 4.78 is 12.9. The number of benzene rings is 2. The van der Waals surface area contributed by atoms with Gasteiger partial charge in [0.15, 0.2) is 0 Å². The Hall–Kier alpha value is -2.69. The Morgan fingerprint density at radius 3 is 2.33 bits per heavy atom. The van der Waals surface area contributed by atoms with Crippen molar-refractivity contribution in [3.63, 3.8) is 0 Å². The molecule has 0 fully saturated rings. The van der Waals surface area contributed by atoms with Gasteiger partial charge in [0.05, 0.1) is 0 Å². The average molecular weight is 370 g/mol. The van der Waals surface area contributed by atoms with Crippen LogP contribution in [0.5, 0.6) is 0 Å². The summed E-state index contributed by atoms with van der Waals surface area (Å²) in [7, 11) is 0. The Bertz CT molecular complexity index is 772. The van der Waals surface area contributed by atoms with Crippen molar-refractivity contribution in [2.24, 2.45) is 5.92 Å². The van der Waals surface area contributed by atoms with Gasteiger partial charge in [-0.25, -0.2) is 4.39 Å². The first kappa shape index (κ1) is 20.6. The molecule has 0 saturated heterocycles. The molecule has 27 heavy (non-hydrogen) atoms. The van der Waals surface area contributed by atoms with E-state index in [1.807, 2.05) is 39.0 Å². The first-order valence-corrected chi connectivity index (χ1v) is 9.25. The maximum absolute atomic E-state index is 12.9. The molecule has 0 radical (unpaired) electrons. The molecular formula is C22H27FN2O2. The highest BCUT2D eigenvalue weighted by molar-refractivity contribution is 5.98. The summed E-state index contributed by atoms with van der Waals surface area (Å²) in [6.45, 7) is 6.33. The molecule has 2 rings (SSSR count). The predicted octanol–water partition coefficient (Wildman–Crippen LogP) is 3.64. The molecule has 0 aliphatic rings. The minimum Gasteiger partial charge on any atom is -0.354 e. The van der Waals surface area contributed by atoms with Gasteiger partial charge in [-0.05, 0) is 55.0 Å². The van der Waals surface area contributed by atoms with Crippen LogP contribution in [0.1, 0.15) is 41.8 Å². The molecule has 4 nitrogen and oxygen atoms in total. The lowest BCUT2D eigenvalue weighted by molar-refractivity contribution is -0.123. The van der Waals surface area contributed by atoms with Gasteiger partial charge in [-0.15, -0.1) is 0 Å². The minimum atomic E-state index is -0.592. The summed E-state index contributed by atoms with van der Waals surface area (Å²) in [6.07, 6.45) is 1.16. The topological polar surface area (TPSA) is 58.2 Å². The number of aryl methyl sites for hydroxylation is 1. The Labute approximate surface area is 160 Å². The van der Waals surface area contributed by atoms with Crippen LogP contribution in [0.25, 0.3) is 0 Å². The highest BCUT2D eigenvalue weighted by atomic mass is 19.1. The predicted molar refractivity (Wildman–Crippen MR) is 105 cm³/mol. The van der Waals surface area contributed by atoms with Crippen molar-refractivity contribution in [1.29, 1.82) is 0 Å². The van der Waals surface area contributed by atoms with Crippen molar-refractivity contribution in [2.45, 2.75) is 39.7 Å². The second kappa shape index (κ2) is 9.86. The summed E-state index contributed by atoms with van der Waals surface area (Å²) in [4.78, 5) is 25.2. The van der Waals surface area contributed by atoms with E-state index in [-0.39, 0.29) is 23.5 Å². The Morgan fingerprint density at radius 1 is 1.04 bits per heavy atom. The van der Waals surface area contributed by atoms with E-state index >= 15 is 0 Å². The van der Waals surface area contributed by atoms with Gasteiger partial charge in [-0.3, -0.25) is 9.59 Å². The van der Waals surface area contributed by atoms with E-state index in [1.165, 1.54) is 12.1 Å². The fourth-order valence-electron chi connectivity index (χ4n) is 2.87. The fraction of sp³-hybridized carbons (Fsp3) is 0.364. The molecule has 2 aromatic carbocycles. The number of carbonyl (C=O) groups is 2. The number of hydrogen-bond acceptors (Lipinski definition) is 2. The maximum Gasteiger partial charge on any atom is 0.252 e. The molecule has 2 N–H and O–H groups in total. The van der Waals surface area contributed by atoms with Crippen LogP contribution in [0.4, 0.5) is 4.39 Å². The van der Waals surface area contributed by atoms with Gasteiger partial charge in [-0.2, -0.15) is 0 Å². The molecule has 0 bridgehead atoms. The van der Waals surface area contributed by atoms with E-state index in [2.05, 4.69) is 10.6 Å². The van der Waals surface area contributed by atoms with Crippen molar-refractivity contribution in [3.05, 3.63) is 71.0 Å². The molecule has 0 aliphatic carbocycles. The summed E-state index contributed by atoms with van der Waals surface area (Å²) in [6, 6.07) is 12.9. The second-order valence-corrected chi connectivity index (χ2v) is 7.14. The van der Waals surface area contributed by atoms with Crippen molar-refractivity contribution in [1.82, 2.24) is 10.6 Å². The number of nitrogens with one attached hydrogen (secondary N) is 2. The van der Waals surface area contributed by atoms with Crippen LogP contribution in [0.15, 0.2) is 48.5 Å². The second-order valence-electron chi connectivity index (χ2n) is 7.14. The summed E-state index contributed by atoms with van der Waals surface area (Å²) in [5.41, 5.74) is 2.39. The van der Waals surface area contributed by atoms with E-state index in [9.17, 15) is 14.0 Å². The maximum atomic E-state index is 12.9. The average Bonchev–Trinajstić information content (AvgIpc) is 2.62. The summed E-state index contributed by atoms with van der Waals surface area (Å²) >= 11 is 0. The first-order chi connectivity index (χ1) is 12.9. The molecule has 1 unspecified atom stereocenters. The van der Waals surface area contributed by atoms with Crippen LogP contribution < -0.4 is 10.6 Å². The van der Waals surface area contributed by atoms with Crippen LogP contribution in [0, 0.1) is 18.7 Å². The number of hydrogen-bond donors (Lipinski definition) is 2.